The maximum absolute atomic E-state index is 13.1. The molecule has 0 heterocycles. The van der Waals surface area contributed by atoms with Crippen LogP contribution in [0.25, 0.3) is 0 Å². The lowest BCUT2D eigenvalue weighted by molar-refractivity contribution is 0.302. The Bertz CT molecular complexity index is 611. The van der Waals surface area contributed by atoms with Crippen LogP contribution in [0.5, 0.6) is 5.75 Å². The molecule has 0 unspecified atom stereocenters. The number of halogens is 5. The fraction of sp³-hybridized carbons (Fsp3) is 0.143. The number of hydrogen-bond acceptors (Lipinski definition) is 1. The molecule has 0 aliphatic carbocycles. The Kier molecular flexibility index (Phi) is 5.90. The first-order valence-electron chi connectivity index (χ1n) is 5.62. The molecule has 0 saturated heterocycles. The first-order valence-corrected chi connectivity index (χ1v) is 8.70. The highest BCUT2D eigenvalue weighted by atomic mass is 79.9. The standard InChI is InChI=1S/C14H9Br3ClFO/c15-6-9-3-10(16)14(11(17)4-9)20-7-8-1-2-13(19)12(18)5-8/h1-5H,6-7H2. The number of benzene rings is 2. The molecule has 0 N–H and O–H groups in total. The zero-order chi connectivity index (χ0) is 14.7. The van der Waals surface area contributed by atoms with Crippen LogP contribution in [0, 0.1) is 5.82 Å². The zero-order valence-corrected chi connectivity index (χ0v) is 15.6. The second-order valence-electron chi connectivity index (χ2n) is 4.06. The summed E-state index contributed by atoms with van der Waals surface area (Å²) in [5.41, 5.74) is 1.93. The van der Waals surface area contributed by atoms with Crippen molar-refractivity contribution in [3.8, 4) is 5.75 Å². The number of rotatable bonds is 4. The van der Waals surface area contributed by atoms with Gasteiger partial charge in [0.05, 0.1) is 14.0 Å². The van der Waals surface area contributed by atoms with Crippen LogP contribution in [0.2, 0.25) is 5.02 Å². The monoisotopic (exact) mass is 484 g/mol. The van der Waals surface area contributed by atoms with Crippen LogP contribution in [-0.2, 0) is 11.9 Å². The summed E-state index contributed by atoms with van der Waals surface area (Å²) in [5.74, 6) is 0.273. The van der Waals surface area contributed by atoms with Crippen LogP contribution in [0.15, 0.2) is 39.3 Å². The van der Waals surface area contributed by atoms with Gasteiger partial charge >= 0.3 is 0 Å². The fourth-order valence-corrected chi connectivity index (χ4v) is 3.65. The Labute approximate surface area is 146 Å². The minimum atomic E-state index is -0.431. The van der Waals surface area contributed by atoms with Crippen molar-refractivity contribution < 1.29 is 9.13 Å². The summed E-state index contributed by atoms with van der Waals surface area (Å²) in [4.78, 5) is 0. The molecular weight excluding hydrogens is 478 g/mol. The SMILES string of the molecule is Fc1ccc(COc2c(Br)cc(CBr)cc2Br)cc1Cl. The van der Waals surface area contributed by atoms with E-state index in [-0.39, 0.29) is 5.02 Å². The molecule has 0 bridgehead atoms. The van der Waals surface area contributed by atoms with Crippen molar-refractivity contribution in [3.05, 3.63) is 61.2 Å². The second kappa shape index (κ2) is 7.25. The Balaban J connectivity index is 2.16. The molecule has 0 fully saturated rings. The van der Waals surface area contributed by atoms with Crippen LogP contribution in [0.3, 0.4) is 0 Å². The summed E-state index contributed by atoms with van der Waals surface area (Å²) < 4.78 is 20.6. The lowest BCUT2D eigenvalue weighted by atomic mass is 10.2. The fourth-order valence-electron chi connectivity index (χ4n) is 1.61. The molecule has 6 heteroatoms. The summed E-state index contributed by atoms with van der Waals surface area (Å²) in [6, 6.07) is 8.50. The van der Waals surface area contributed by atoms with Gasteiger partial charge in [-0.3, -0.25) is 0 Å². The number of alkyl halides is 1. The van der Waals surface area contributed by atoms with E-state index >= 15 is 0 Å². The summed E-state index contributed by atoms with van der Waals surface area (Å²) in [7, 11) is 0. The Morgan fingerprint density at radius 1 is 1.05 bits per heavy atom. The van der Waals surface area contributed by atoms with E-state index < -0.39 is 5.82 Å². The third-order valence-corrected chi connectivity index (χ3v) is 4.69. The van der Waals surface area contributed by atoms with E-state index in [0.29, 0.717) is 12.4 Å². The predicted molar refractivity (Wildman–Crippen MR) is 90.2 cm³/mol. The van der Waals surface area contributed by atoms with E-state index in [1.807, 2.05) is 12.1 Å². The van der Waals surface area contributed by atoms with E-state index in [0.717, 1.165) is 25.4 Å². The van der Waals surface area contributed by atoms with Gasteiger partial charge in [-0.15, -0.1) is 0 Å². The van der Waals surface area contributed by atoms with E-state index in [1.165, 1.54) is 6.07 Å². The number of ether oxygens (including phenoxy) is 1. The van der Waals surface area contributed by atoms with Gasteiger partial charge in [-0.25, -0.2) is 4.39 Å². The van der Waals surface area contributed by atoms with Crippen molar-refractivity contribution in [2.24, 2.45) is 0 Å². The molecule has 1 nitrogen and oxygen atoms in total. The van der Waals surface area contributed by atoms with Gasteiger partial charge < -0.3 is 4.74 Å². The van der Waals surface area contributed by atoms with Crippen LogP contribution < -0.4 is 4.74 Å². The van der Waals surface area contributed by atoms with Crippen LogP contribution in [0.1, 0.15) is 11.1 Å². The molecule has 2 rings (SSSR count). The second-order valence-corrected chi connectivity index (χ2v) is 6.74. The highest BCUT2D eigenvalue weighted by Crippen LogP contribution is 2.36. The topological polar surface area (TPSA) is 9.23 Å². The van der Waals surface area contributed by atoms with Gasteiger partial charge in [0.2, 0.25) is 0 Å². The third-order valence-electron chi connectivity index (χ3n) is 2.58. The summed E-state index contributed by atoms with van der Waals surface area (Å²) in [6.07, 6.45) is 0. The van der Waals surface area contributed by atoms with Gasteiger partial charge in [0.15, 0.2) is 0 Å². The summed E-state index contributed by atoms with van der Waals surface area (Å²) >= 11 is 16.1. The molecule has 0 aliphatic heterocycles. The number of hydrogen-bond donors (Lipinski definition) is 0. The molecule has 2 aromatic rings. The lowest BCUT2D eigenvalue weighted by Crippen LogP contribution is -1.98. The van der Waals surface area contributed by atoms with Crippen molar-refractivity contribution >= 4 is 59.4 Å². The van der Waals surface area contributed by atoms with Crippen molar-refractivity contribution in [3.63, 3.8) is 0 Å². The quantitative estimate of drug-likeness (QED) is 0.449. The van der Waals surface area contributed by atoms with Gasteiger partial charge in [-0.2, -0.15) is 0 Å². The van der Waals surface area contributed by atoms with Crippen LogP contribution in [-0.4, -0.2) is 0 Å². The molecule has 0 radical (unpaired) electrons. The largest absolute Gasteiger partial charge is 0.487 e. The molecule has 2 aromatic carbocycles. The molecule has 0 amide bonds. The maximum atomic E-state index is 13.1. The smallest absolute Gasteiger partial charge is 0.148 e. The molecule has 106 valence electrons. The minimum Gasteiger partial charge on any atom is -0.487 e. The Morgan fingerprint density at radius 2 is 1.70 bits per heavy atom. The predicted octanol–water partition coefficient (Wildman–Crippen LogP) is 6.48. The van der Waals surface area contributed by atoms with Crippen molar-refractivity contribution in [1.82, 2.24) is 0 Å². The van der Waals surface area contributed by atoms with E-state index in [9.17, 15) is 4.39 Å². The van der Waals surface area contributed by atoms with Gasteiger partial charge in [0.1, 0.15) is 18.2 Å². The Morgan fingerprint density at radius 3 is 2.25 bits per heavy atom. The van der Waals surface area contributed by atoms with E-state index in [1.54, 1.807) is 12.1 Å². The molecule has 0 atom stereocenters. The van der Waals surface area contributed by atoms with Gasteiger partial charge in [0, 0.05) is 5.33 Å². The van der Waals surface area contributed by atoms with Crippen LogP contribution >= 0.6 is 59.4 Å². The lowest BCUT2D eigenvalue weighted by Gasteiger charge is -2.12. The van der Waals surface area contributed by atoms with Gasteiger partial charge in [0.25, 0.3) is 0 Å². The van der Waals surface area contributed by atoms with Crippen molar-refractivity contribution in [2.45, 2.75) is 11.9 Å². The average Bonchev–Trinajstić information content (AvgIpc) is 2.41. The maximum Gasteiger partial charge on any atom is 0.148 e. The van der Waals surface area contributed by atoms with E-state index in [2.05, 4.69) is 47.8 Å². The van der Waals surface area contributed by atoms with Crippen LogP contribution in [0.4, 0.5) is 4.39 Å². The van der Waals surface area contributed by atoms with E-state index in [4.69, 9.17) is 16.3 Å². The molecule has 0 aromatic heterocycles. The normalized spacial score (nSPS) is 10.7. The summed E-state index contributed by atoms with van der Waals surface area (Å²) in [5, 5.41) is 0.858. The van der Waals surface area contributed by atoms with Crippen molar-refractivity contribution in [1.29, 1.82) is 0 Å². The zero-order valence-electron chi connectivity index (χ0n) is 10.1. The van der Waals surface area contributed by atoms with Crippen molar-refractivity contribution in [2.75, 3.05) is 0 Å². The van der Waals surface area contributed by atoms with Gasteiger partial charge in [-0.05, 0) is 67.3 Å². The molecule has 0 aliphatic rings. The molecule has 20 heavy (non-hydrogen) atoms. The molecule has 0 spiro atoms. The molecule has 0 saturated carbocycles. The minimum absolute atomic E-state index is 0.0962. The highest BCUT2D eigenvalue weighted by molar-refractivity contribution is 9.11. The summed E-state index contributed by atoms with van der Waals surface area (Å²) in [6.45, 7) is 0.310. The highest BCUT2D eigenvalue weighted by Gasteiger charge is 2.09. The first-order chi connectivity index (χ1) is 9.51. The van der Waals surface area contributed by atoms with Gasteiger partial charge in [-0.1, -0.05) is 33.6 Å². The third kappa shape index (κ3) is 3.97. The molecular formula is C14H9Br3ClFO. The first kappa shape index (κ1) is 16.3. The average molecular weight is 487 g/mol. The Hall–Kier alpha value is -0.100.